The van der Waals surface area contributed by atoms with Crippen molar-refractivity contribution < 1.29 is 0 Å². The zero-order valence-electron chi connectivity index (χ0n) is 26.8. The molecule has 1 aliphatic heterocycles. The van der Waals surface area contributed by atoms with Gasteiger partial charge in [-0.05, 0) is 45.5 Å². The van der Waals surface area contributed by atoms with Crippen LogP contribution >= 0.6 is 0 Å². The van der Waals surface area contributed by atoms with E-state index in [4.69, 9.17) is 10.4 Å². The minimum absolute atomic E-state index is 0.844. The Bertz CT molecular complexity index is 2260. The summed E-state index contributed by atoms with van der Waals surface area (Å²) in [7, 11) is 0. The fraction of sp³-hybridized carbons (Fsp3) is 0. The summed E-state index contributed by atoms with van der Waals surface area (Å²) in [4.78, 5) is 5.07. The van der Waals surface area contributed by atoms with Crippen molar-refractivity contribution in [2.75, 3.05) is 0 Å². The SMILES string of the molecule is N=C/C(=C1\NC(c2ccccc2)=C(c2ccc(-c3cc(-c4ccccc4)nc(-c4ccccc4)c3)cc2)c2ccccc21)c1ccccc1. The second kappa shape index (κ2) is 13.3. The molecule has 0 saturated heterocycles. The number of nitrogens with zero attached hydrogens (tertiary/aromatic N) is 1. The van der Waals surface area contributed by atoms with Crippen LogP contribution in [0.5, 0.6) is 0 Å². The molecule has 2 heterocycles. The van der Waals surface area contributed by atoms with E-state index in [0.29, 0.717) is 0 Å². The molecule has 0 fully saturated rings. The topological polar surface area (TPSA) is 48.8 Å². The lowest BCUT2D eigenvalue weighted by atomic mass is 9.84. The quantitative estimate of drug-likeness (QED) is 0.173. The molecule has 0 amide bonds. The summed E-state index contributed by atoms with van der Waals surface area (Å²) in [5.74, 6) is 0. The Hall–Kier alpha value is -6.58. The maximum absolute atomic E-state index is 8.46. The van der Waals surface area contributed by atoms with Crippen LogP contribution in [0.4, 0.5) is 0 Å². The van der Waals surface area contributed by atoms with Crippen molar-refractivity contribution in [1.82, 2.24) is 10.3 Å². The van der Waals surface area contributed by atoms with E-state index in [1.54, 1.807) is 0 Å². The average molecular weight is 628 g/mol. The summed E-state index contributed by atoms with van der Waals surface area (Å²) < 4.78 is 0. The number of hydrogen-bond donors (Lipinski definition) is 2. The van der Waals surface area contributed by atoms with Crippen LogP contribution in [-0.4, -0.2) is 11.2 Å². The molecule has 0 spiro atoms. The van der Waals surface area contributed by atoms with Crippen molar-refractivity contribution in [3.05, 3.63) is 210 Å². The molecule has 6 aromatic carbocycles. The van der Waals surface area contributed by atoms with Crippen LogP contribution in [-0.2, 0) is 0 Å². The molecular formula is C46H33N3. The monoisotopic (exact) mass is 627 g/mol. The van der Waals surface area contributed by atoms with E-state index in [-0.39, 0.29) is 0 Å². The number of hydrogen-bond acceptors (Lipinski definition) is 3. The minimum atomic E-state index is 0.844. The van der Waals surface area contributed by atoms with Crippen molar-refractivity contribution in [1.29, 1.82) is 5.41 Å². The summed E-state index contributed by atoms with van der Waals surface area (Å²) in [6.07, 6.45) is 1.46. The number of aromatic nitrogens is 1. The van der Waals surface area contributed by atoms with Crippen molar-refractivity contribution in [2.24, 2.45) is 0 Å². The predicted molar refractivity (Wildman–Crippen MR) is 205 cm³/mol. The number of pyridine rings is 1. The van der Waals surface area contributed by atoms with E-state index in [2.05, 4.69) is 151 Å². The lowest BCUT2D eigenvalue weighted by Crippen LogP contribution is -2.21. The molecule has 8 rings (SSSR count). The zero-order chi connectivity index (χ0) is 33.0. The maximum Gasteiger partial charge on any atom is 0.0715 e. The standard InChI is InChI=1S/C46H33N3/c47-31-41(33-15-5-1-6-16-33)46-40-24-14-13-23-39(40)44(45(49-46)37-21-11-4-12-22-37)36-27-25-32(26-28-36)38-29-42(34-17-7-2-8-18-34)48-43(30-38)35-19-9-3-10-20-35/h1-31,47,49H/b46-41+,47-31?. The second-order valence-corrected chi connectivity index (χ2v) is 12.0. The summed E-state index contributed by atoms with van der Waals surface area (Å²) >= 11 is 0. The van der Waals surface area contributed by atoms with Crippen molar-refractivity contribution in [2.45, 2.75) is 0 Å². The van der Waals surface area contributed by atoms with Gasteiger partial charge in [-0.2, -0.15) is 0 Å². The molecule has 7 aromatic rings. The molecule has 3 heteroatoms. The Labute approximate surface area is 287 Å². The summed E-state index contributed by atoms with van der Waals surface area (Å²) in [5.41, 5.74) is 15.6. The highest BCUT2D eigenvalue weighted by molar-refractivity contribution is 6.21. The molecule has 0 unspecified atom stereocenters. The Morgan fingerprint density at radius 1 is 0.449 bits per heavy atom. The molecule has 2 N–H and O–H groups in total. The fourth-order valence-electron chi connectivity index (χ4n) is 6.60. The van der Waals surface area contributed by atoms with Gasteiger partial charge in [0.2, 0.25) is 0 Å². The lowest BCUT2D eigenvalue weighted by molar-refractivity contribution is 1.20. The van der Waals surface area contributed by atoms with E-state index < -0.39 is 0 Å². The third-order valence-corrected chi connectivity index (χ3v) is 9.00. The van der Waals surface area contributed by atoms with Crippen LogP contribution in [0.25, 0.3) is 56.2 Å². The lowest BCUT2D eigenvalue weighted by Gasteiger charge is -2.29. The number of rotatable bonds is 7. The fourth-order valence-corrected chi connectivity index (χ4v) is 6.60. The van der Waals surface area contributed by atoms with Crippen LogP contribution in [0, 0.1) is 5.41 Å². The van der Waals surface area contributed by atoms with Gasteiger partial charge in [0.25, 0.3) is 0 Å². The van der Waals surface area contributed by atoms with Gasteiger partial charge in [-0.25, -0.2) is 4.98 Å². The third kappa shape index (κ3) is 5.90. The Balaban J connectivity index is 1.28. The van der Waals surface area contributed by atoms with Crippen molar-refractivity contribution in [3.8, 4) is 33.6 Å². The van der Waals surface area contributed by atoms with Crippen molar-refractivity contribution in [3.63, 3.8) is 0 Å². The van der Waals surface area contributed by atoms with Gasteiger partial charge >= 0.3 is 0 Å². The first kappa shape index (κ1) is 29.8. The Kier molecular flexibility index (Phi) is 8.07. The average Bonchev–Trinajstić information content (AvgIpc) is 3.19. The van der Waals surface area contributed by atoms with Crippen LogP contribution in [0.2, 0.25) is 0 Å². The molecule has 0 bridgehead atoms. The largest absolute Gasteiger partial charge is 0.353 e. The van der Waals surface area contributed by atoms with E-state index in [0.717, 1.165) is 84.0 Å². The number of fused-ring (bicyclic) bond motifs is 1. The molecule has 0 aliphatic carbocycles. The smallest absolute Gasteiger partial charge is 0.0715 e. The van der Waals surface area contributed by atoms with Crippen LogP contribution in [0.1, 0.15) is 27.8 Å². The second-order valence-electron chi connectivity index (χ2n) is 12.0. The Morgan fingerprint density at radius 2 is 0.918 bits per heavy atom. The minimum Gasteiger partial charge on any atom is -0.353 e. The molecule has 0 saturated carbocycles. The molecular weight excluding hydrogens is 595 g/mol. The van der Waals surface area contributed by atoms with Gasteiger partial charge in [-0.15, -0.1) is 0 Å². The highest BCUT2D eigenvalue weighted by Crippen LogP contribution is 2.42. The van der Waals surface area contributed by atoms with Gasteiger partial charge in [-0.1, -0.05) is 170 Å². The first-order chi connectivity index (χ1) is 24.3. The van der Waals surface area contributed by atoms with E-state index in [1.807, 2.05) is 36.4 Å². The highest BCUT2D eigenvalue weighted by Gasteiger charge is 2.26. The Morgan fingerprint density at radius 3 is 1.47 bits per heavy atom. The highest BCUT2D eigenvalue weighted by atomic mass is 14.9. The van der Waals surface area contributed by atoms with Crippen molar-refractivity contribution >= 4 is 28.8 Å². The van der Waals surface area contributed by atoms with Gasteiger partial charge in [-0.3, -0.25) is 0 Å². The van der Waals surface area contributed by atoms with Crippen LogP contribution in [0.3, 0.4) is 0 Å². The third-order valence-electron chi connectivity index (χ3n) is 9.00. The van der Waals surface area contributed by atoms with E-state index >= 15 is 0 Å². The summed E-state index contributed by atoms with van der Waals surface area (Å²) in [5, 5.41) is 12.3. The molecule has 0 atom stereocenters. The molecule has 0 radical (unpaired) electrons. The van der Waals surface area contributed by atoms with Crippen LogP contribution in [0.15, 0.2) is 182 Å². The number of nitrogens with one attached hydrogen (secondary N) is 2. The van der Waals surface area contributed by atoms with Gasteiger partial charge in [0.05, 0.1) is 22.8 Å². The summed E-state index contributed by atoms with van der Waals surface area (Å²) in [6, 6.07) is 63.1. The van der Waals surface area contributed by atoms with E-state index in [9.17, 15) is 0 Å². The van der Waals surface area contributed by atoms with Crippen LogP contribution < -0.4 is 5.32 Å². The normalized spacial score (nSPS) is 13.3. The van der Waals surface area contributed by atoms with Gasteiger partial charge < -0.3 is 10.7 Å². The molecule has 232 valence electrons. The van der Waals surface area contributed by atoms with E-state index in [1.165, 1.54) is 6.21 Å². The first-order valence-electron chi connectivity index (χ1n) is 16.5. The molecule has 49 heavy (non-hydrogen) atoms. The molecule has 1 aliphatic rings. The van der Waals surface area contributed by atoms with Gasteiger partial charge in [0.15, 0.2) is 0 Å². The predicted octanol–water partition coefficient (Wildman–Crippen LogP) is 11.1. The maximum atomic E-state index is 8.46. The van der Waals surface area contributed by atoms with Gasteiger partial charge in [0, 0.05) is 34.1 Å². The molecule has 3 nitrogen and oxygen atoms in total. The molecule has 1 aromatic heterocycles. The number of benzene rings is 6. The van der Waals surface area contributed by atoms with Gasteiger partial charge in [0.1, 0.15) is 0 Å². The summed E-state index contributed by atoms with van der Waals surface area (Å²) in [6.45, 7) is 0. The zero-order valence-corrected chi connectivity index (χ0v) is 26.8. The number of allylic oxidation sites excluding steroid dienone is 1. The first-order valence-corrected chi connectivity index (χ1v) is 16.5.